The van der Waals surface area contributed by atoms with Gasteiger partial charge in [0.15, 0.2) is 0 Å². The first-order valence-electron chi connectivity index (χ1n) is 9.76. The number of halogens is 1. The average Bonchev–Trinajstić information content (AvgIpc) is 3.25. The molecule has 0 saturated carbocycles. The van der Waals surface area contributed by atoms with Gasteiger partial charge in [-0.2, -0.15) is 9.71 Å². The van der Waals surface area contributed by atoms with Crippen molar-refractivity contribution in [3.8, 4) is 11.4 Å². The highest BCUT2D eigenvalue weighted by molar-refractivity contribution is 7.89. The SMILES string of the molecule is CCN(CC)C(=O)c1ccc(S(=O)(=O)NC(C)c2nc(-c3ccc(F)cc3)no2)cc1. The van der Waals surface area contributed by atoms with Crippen LogP contribution in [0.3, 0.4) is 0 Å². The van der Waals surface area contributed by atoms with E-state index in [1.807, 2.05) is 13.8 Å². The fourth-order valence-corrected chi connectivity index (χ4v) is 4.15. The molecule has 2 aromatic carbocycles. The zero-order chi connectivity index (χ0) is 22.6. The van der Waals surface area contributed by atoms with Gasteiger partial charge in [-0.25, -0.2) is 12.8 Å². The van der Waals surface area contributed by atoms with Crippen LogP contribution in [-0.2, 0) is 10.0 Å². The highest BCUT2D eigenvalue weighted by Gasteiger charge is 2.23. The Morgan fingerprint density at radius 2 is 1.71 bits per heavy atom. The molecule has 1 amide bonds. The van der Waals surface area contributed by atoms with Gasteiger partial charge in [0.25, 0.3) is 5.91 Å². The second-order valence-electron chi connectivity index (χ2n) is 6.81. The molecule has 0 spiro atoms. The van der Waals surface area contributed by atoms with Gasteiger partial charge in [-0.15, -0.1) is 0 Å². The summed E-state index contributed by atoms with van der Waals surface area (Å²) in [7, 11) is -3.89. The van der Waals surface area contributed by atoms with Crippen molar-refractivity contribution >= 4 is 15.9 Å². The van der Waals surface area contributed by atoms with Crippen molar-refractivity contribution in [2.24, 2.45) is 0 Å². The molecular weight excluding hydrogens is 423 g/mol. The number of benzene rings is 2. The number of rotatable bonds is 8. The maximum absolute atomic E-state index is 13.1. The van der Waals surface area contributed by atoms with E-state index >= 15 is 0 Å². The Bertz CT molecular complexity index is 1140. The van der Waals surface area contributed by atoms with Gasteiger partial charge in [-0.05, 0) is 69.3 Å². The third-order valence-electron chi connectivity index (χ3n) is 4.71. The van der Waals surface area contributed by atoms with Gasteiger partial charge in [0.2, 0.25) is 21.7 Å². The summed E-state index contributed by atoms with van der Waals surface area (Å²) in [5.74, 6) is -0.260. The molecule has 1 atom stereocenters. The second-order valence-corrected chi connectivity index (χ2v) is 8.52. The minimum atomic E-state index is -3.89. The van der Waals surface area contributed by atoms with Crippen LogP contribution in [0.1, 0.15) is 43.1 Å². The molecule has 31 heavy (non-hydrogen) atoms. The first-order valence-corrected chi connectivity index (χ1v) is 11.2. The predicted octanol–water partition coefficient (Wildman–Crippen LogP) is 3.40. The molecule has 3 rings (SSSR count). The van der Waals surface area contributed by atoms with Crippen molar-refractivity contribution in [1.29, 1.82) is 0 Å². The summed E-state index contributed by atoms with van der Waals surface area (Å²) in [5, 5.41) is 3.82. The van der Waals surface area contributed by atoms with Gasteiger partial charge >= 0.3 is 0 Å². The van der Waals surface area contributed by atoms with E-state index in [-0.39, 0.29) is 22.5 Å². The Labute approximate surface area is 180 Å². The van der Waals surface area contributed by atoms with Crippen LogP contribution < -0.4 is 4.72 Å². The van der Waals surface area contributed by atoms with Crippen LogP contribution in [0, 0.1) is 5.82 Å². The minimum absolute atomic E-state index is 0.00807. The van der Waals surface area contributed by atoms with Gasteiger partial charge in [-0.1, -0.05) is 5.16 Å². The summed E-state index contributed by atoms with van der Waals surface area (Å²) in [6.07, 6.45) is 0. The van der Waals surface area contributed by atoms with E-state index in [9.17, 15) is 17.6 Å². The molecular formula is C21H23FN4O4S. The number of hydrogen-bond acceptors (Lipinski definition) is 6. The minimum Gasteiger partial charge on any atom is -0.339 e. The van der Waals surface area contributed by atoms with Crippen molar-refractivity contribution in [3.63, 3.8) is 0 Å². The Morgan fingerprint density at radius 1 is 1.10 bits per heavy atom. The number of amides is 1. The lowest BCUT2D eigenvalue weighted by molar-refractivity contribution is 0.0773. The van der Waals surface area contributed by atoms with E-state index in [1.54, 1.807) is 11.8 Å². The summed E-state index contributed by atoms with van der Waals surface area (Å²) >= 11 is 0. The molecule has 0 fully saturated rings. The lowest BCUT2D eigenvalue weighted by Gasteiger charge is -2.18. The molecule has 1 unspecified atom stereocenters. The first-order chi connectivity index (χ1) is 14.7. The van der Waals surface area contributed by atoms with Crippen LogP contribution >= 0.6 is 0 Å². The molecule has 8 nitrogen and oxygen atoms in total. The fraction of sp³-hybridized carbons (Fsp3) is 0.286. The quantitative estimate of drug-likeness (QED) is 0.569. The number of hydrogen-bond donors (Lipinski definition) is 1. The predicted molar refractivity (Wildman–Crippen MR) is 112 cm³/mol. The smallest absolute Gasteiger partial charge is 0.253 e. The van der Waals surface area contributed by atoms with Crippen LogP contribution in [0.25, 0.3) is 11.4 Å². The lowest BCUT2D eigenvalue weighted by Crippen LogP contribution is -2.30. The summed E-state index contributed by atoms with van der Waals surface area (Å²) in [6, 6.07) is 10.5. The molecule has 0 radical (unpaired) electrons. The zero-order valence-electron chi connectivity index (χ0n) is 17.4. The monoisotopic (exact) mass is 446 g/mol. The molecule has 0 aliphatic rings. The van der Waals surface area contributed by atoms with Crippen LogP contribution in [0.15, 0.2) is 57.9 Å². The summed E-state index contributed by atoms with van der Waals surface area (Å²) in [4.78, 5) is 18.2. The van der Waals surface area contributed by atoms with Crippen molar-refractivity contribution in [1.82, 2.24) is 19.8 Å². The Morgan fingerprint density at radius 3 is 2.29 bits per heavy atom. The van der Waals surface area contributed by atoms with E-state index in [2.05, 4.69) is 14.9 Å². The van der Waals surface area contributed by atoms with Crippen molar-refractivity contribution in [2.45, 2.75) is 31.7 Å². The third kappa shape index (κ3) is 5.15. The molecule has 0 saturated heterocycles. The van der Waals surface area contributed by atoms with Crippen molar-refractivity contribution in [2.75, 3.05) is 13.1 Å². The number of sulfonamides is 1. The fourth-order valence-electron chi connectivity index (χ4n) is 2.95. The van der Waals surface area contributed by atoms with Crippen LogP contribution in [0.4, 0.5) is 4.39 Å². The Balaban J connectivity index is 1.73. The summed E-state index contributed by atoms with van der Waals surface area (Å²) in [6.45, 7) is 6.46. The highest BCUT2D eigenvalue weighted by Crippen LogP contribution is 2.21. The number of nitrogens with one attached hydrogen (secondary N) is 1. The number of carbonyl (C=O) groups excluding carboxylic acids is 1. The van der Waals surface area contributed by atoms with E-state index in [0.717, 1.165) is 0 Å². The third-order valence-corrected chi connectivity index (χ3v) is 6.27. The molecule has 1 N–H and O–H groups in total. The number of aromatic nitrogens is 2. The van der Waals surface area contributed by atoms with Crippen molar-refractivity contribution < 1.29 is 22.1 Å². The van der Waals surface area contributed by atoms with Crippen molar-refractivity contribution in [3.05, 3.63) is 65.8 Å². The molecule has 10 heteroatoms. The molecule has 1 heterocycles. The van der Waals surface area contributed by atoms with Gasteiger partial charge in [0, 0.05) is 24.2 Å². The first kappa shape index (κ1) is 22.6. The van der Waals surface area contributed by atoms with Gasteiger partial charge in [0.05, 0.1) is 10.9 Å². The normalized spacial score (nSPS) is 12.5. The summed E-state index contributed by atoms with van der Waals surface area (Å²) < 4.78 is 46.1. The molecule has 1 aromatic heterocycles. The zero-order valence-corrected chi connectivity index (χ0v) is 18.2. The second kappa shape index (κ2) is 9.36. The number of nitrogens with zero attached hydrogens (tertiary/aromatic N) is 3. The lowest BCUT2D eigenvalue weighted by atomic mass is 10.2. The van der Waals surface area contributed by atoms with Gasteiger partial charge < -0.3 is 9.42 Å². The van der Waals surface area contributed by atoms with Crippen LogP contribution in [0.2, 0.25) is 0 Å². The van der Waals surface area contributed by atoms with E-state index in [4.69, 9.17) is 4.52 Å². The average molecular weight is 447 g/mol. The van der Waals surface area contributed by atoms with Crippen LogP contribution in [0.5, 0.6) is 0 Å². The standard InChI is InChI=1S/C21H23FN4O4S/c1-4-26(5-2)21(27)16-8-12-18(13-9-16)31(28,29)25-14(3)20-23-19(24-30-20)15-6-10-17(22)11-7-15/h6-14,25H,4-5H2,1-3H3. The van der Waals surface area contributed by atoms with Crippen LogP contribution in [-0.4, -0.2) is 42.5 Å². The largest absolute Gasteiger partial charge is 0.339 e. The maximum Gasteiger partial charge on any atom is 0.253 e. The van der Waals surface area contributed by atoms with E-state index in [1.165, 1.54) is 48.5 Å². The molecule has 0 bridgehead atoms. The topological polar surface area (TPSA) is 105 Å². The van der Waals surface area contributed by atoms with E-state index in [0.29, 0.717) is 24.2 Å². The Hall–Kier alpha value is -3.11. The Kier molecular flexibility index (Phi) is 6.81. The van der Waals surface area contributed by atoms with Gasteiger partial charge in [-0.3, -0.25) is 4.79 Å². The maximum atomic E-state index is 13.1. The molecule has 0 aliphatic carbocycles. The van der Waals surface area contributed by atoms with Gasteiger partial charge in [0.1, 0.15) is 5.82 Å². The van der Waals surface area contributed by atoms with E-state index < -0.39 is 21.9 Å². The number of carbonyl (C=O) groups is 1. The molecule has 3 aromatic rings. The highest BCUT2D eigenvalue weighted by atomic mass is 32.2. The molecule has 164 valence electrons. The molecule has 0 aliphatic heterocycles. The summed E-state index contributed by atoms with van der Waals surface area (Å²) in [5.41, 5.74) is 0.955.